The van der Waals surface area contributed by atoms with Crippen LogP contribution in [0.5, 0.6) is 0 Å². The fourth-order valence-corrected chi connectivity index (χ4v) is 3.23. The van der Waals surface area contributed by atoms with Crippen LogP contribution in [-0.4, -0.2) is 18.0 Å². The number of halogens is 3. The minimum Gasteiger partial charge on any atom is -0.334 e. The number of rotatable bonds is 4. The molecule has 0 spiro atoms. The fourth-order valence-electron chi connectivity index (χ4n) is 1.89. The molecule has 8 heteroatoms. The maximum Gasteiger partial charge on any atom is 0.416 e. The second kappa shape index (κ2) is 5.51. The molecule has 0 bridgehead atoms. The Labute approximate surface area is 120 Å². The second-order valence-electron chi connectivity index (χ2n) is 4.41. The fraction of sp³-hybridized carbons (Fsp3) is 0.308. The zero-order valence-electron chi connectivity index (χ0n) is 11.1. The van der Waals surface area contributed by atoms with Crippen molar-refractivity contribution in [3.63, 3.8) is 0 Å². The number of aryl methyl sites for hydroxylation is 1. The molecule has 0 aliphatic heterocycles. The van der Waals surface area contributed by atoms with Crippen molar-refractivity contribution in [3.05, 3.63) is 48.0 Å². The van der Waals surface area contributed by atoms with E-state index in [1.54, 1.807) is 10.8 Å². The van der Waals surface area contributed by atoms with Crippen molar-refractivity contribution in [2.24, 2.45) is 0 Å². The van der Waals surface area contributed by atoms with Crippen molar-refractivity contribution in [1.82, 2.24) is 9.55 Å². The van der Waals surface area contributed by atoms with E-state index < -0.39 is 27.3 Å². The summed E-state index contributed by atoms with van der Waals surface area (Å²) in [6.07, 6.45) is -1.50. The first kappa shape index (κ1) is 15.6. The highest BCUT2D eigenvalue weighted by Crippen LogP contribution is 2.31. The van der Waals surface area contributed by atoms with Crippen molar-refractivity contribution in [1.29, 1.82) is 0 Å². The lowest BCUT2D eigenvalue weighted by molar-refractivity contribution is -0.137. The zero-order chi connectivity index (χ0) is 15.7. The van der Waals surface area contributed by atoms with Crippen LogP contribution in [-0.2, 0) is 28.3 Å². The van der Waals surface area contributed by atoms with Crippen molar-refractivity contribution < 1.29 is 21.6 Å². The number of hydrogen-bond donors (Lipinski definition) is 0. The molecule has 0 N–H and O–H groups in total. The molecular formula is C13H13F3N2O2S. The van der Waals surface area contributed by atoms with Crippen molar-refractivity contribution >= 4 is 9.84 Å². The third-order valence-electron chi connectivity index (χ3n) is 2.98. The Balaban J connectivity index is 2.36. The van der Waals surface area contributed by atoms with Gasteiger partial charge in [-0.25, -0.2) is 13.4 Å². The van der Waals surface area contributed by atoms with Gasteiger partial charge in [0, 0.05) is 18.9 Å². The molecule has 0 amide bonds. The Morgan fingerprint density at radius 3 is 2.62 bits per heavy atom. The summed E-state index contributed by atoms with van der Waals surface area (Å²) in [5, 5.41) is 0. The molecule has 4 nitrogen and oxygen atoms in total. The van der Waals surface area contributed by atoms with E-state index in [2.05, 4.69) is 4.98 Å². The minimum absolute atomic E-state index is 0.301. The highest BCUT2D eigenvalue weighted by Gasteiger charge is 2.31. The maximum absolute atomic E-state index is 12.6. The first-order valence-corrected chi connectivity index (χ1v) is 7.79. The quantitative estimate of drug-likeness (QED) is 0.871. The molecule has 21 heavy (non-hydrogen) atoms. The van der Waals surface area contributed by atoms with Crippen molar-refractivity contribution in [2.45, 2.75) is 30.3 Å². The van der Waals surface area contributed by atoms with Gasteiger partial charge in [0.15, 0.2) is 9.84 Å². The summed E-state index contributed by atoms with van der Waals surface area (Å²) in [7, 11) is -3.88. The average Bonchev–Trinajstić information content (AvgIpc) is 2.84. The summed E-state index contributed by atoms with van der Waals surface area (Å²) in [6, 6.07) is 3.73. The van der Waals surface area contributed by atoms with Gasteiger partial charge in [-0.1, -0.05) is 6.07 Å². The van der Waals surface area contributed by atoms with E-state index in [4.69, 9.17) is 0 Å². The average molecular weight is 318 g/mol. The first-order chi connectivity index (χ1) is 9.74. The molecule has 0 saturated carbocycles. The van der Waals surface area contributed by atoms with Crippen LogP contribution >= 0.6 is 0 Å². The van der Waals surface area contributed by atoms with E-state index in [9.17, 15) is 21.6 Å². The Bertz CT molecular complexity index is 736. The Kier molecular flexibility index (Phi) is 4.08. The Morgan fingerprint density at radius 2 is 2.00 bits per heavy atom. The number of alkyl halides is 3. The van der Waals surface area contributed by atoms with Crippen LogP contribution < -0.4 is 0 Å². The van der Waals surface area contributed by atoms with E-state index in [1.165, 1.54) is 6.20 Å². The SMILES string of the molecule is CCn1ccnc1CS(=O)(=O)c1cccc(C(F)(F)F)c1. The second-order valence-corrected chi connectivity index (χ2v) is 6.40. The van der Waals surface area contributed by atoms with Gasteiger partial charge in [-0.15, -0.1) is 0 Å². The molecule has 0 aliphatic carbocycles. The molecule has 114 valence electrons. The molecule has 2 aromatic rings. The molecule has 0 aliphatic rings. The van der Waals surface area contributed by atoms with E-state index in [1.807, 2.05) is 6.92 Å². The first-order valence-electron chi connectivity index (χ1n) is 6.14. The molecular weight excluding hydrogens is 305 g/mol. The topological polar surface area (TPSA) is 52.0 Å². The molecule has 0 atom stereocenters. The lowest BCUT2D eigenvalue weighted by Gasteiger charge is -2.10. The number of sulfone groups is 1. The van der Waals surface area contributed by atoms with E-state index in [-0.39, 0.29) is 4.90 Å². The highest BCUT2D eigenvalue weighted by atomic mass is 32.2. The summed E-state index contributed by atoms with van der Waals surface area (Å²) < 4.78 is 64.0. The summed E-state index contributed by atoms with van der Waals surface area (Å²) in [5.41, 5.74) is -0.984. The monoisotopic (exact) mass is 318 g/mol. The molecule has 0 saturated heterocycles. The third kappa shape index (κ3) is 3.44. The van der Waals surface area contributed by atoms with E-state index >= 15 is 0 Å². The standard InChI is InChI=1S/C13H13F3N2O2S/c1-2-18-7-6-17-12(18)9-21(19,20)11-5-3-4-10(8-11)13(14,15)16/h3-8H,2,9H2,1H3. The molecule has 1 aromatic carbocycles. The van der Waals surface area contributed by atoms with Crippen LogP contribution in [0.25, 0.3) is 0 Å². The van der Waals surface area contributed by atoms with Crippen molar-refractivity contribution in [2.75, 3.05) is 0 Å². The van der Waals surface area contributed by atoms with Gasteiger partial charge in [-0.3, -0.25) is 0 Å². The van der Waals surface area contributed by atoms with Gasteiger partial charge in [-0.05, 0) is 25.1 Å². The lowest BCUT2D eigenvalue weighted by Crippen LogP contribution is -2.12. The summed E-state index contributed by atoms with van der Waals surface area (Å²) in [4.78, 5) is 3.57. The molecule has 0 radical (unpaired) electrons. The predicted octanol–water partition coefficient (Wildman–Crippen LogP) is 2.90. The van der Waals surface area contributed by atoms with Crippen LogP contribution in [0.4, 0.5) is 13.2 Å². The van der Waals surface area contributed by atoms with E-state index in [0.29, 0.717) is 18.4 Å². The summed E-state index contributed by atoms with van der Waals surface area (Å²) in [6.45, 7) is 2.36. The molecule has 2 rings (SSSR count). The molecule has 0 fully saturated rings. The number of aromatic nitrogens is 2. The Morgan fingerprint density at radius 1 is 1.29 bits per heavy atom. The largest absolute Gasteiger partial charge is 0.416 e. The van der Waals surface area contributed by atoms with Crippen LogP contribution in [0, 0.1) is 0 Å². The van der Waals surface area contributed by atoms with Gasteiger partial charge < -0.3 is 4.57 Å². The van der Waals surface area contributed by atoms with Crippen LogP contribution in [0.2, 0.25) is 0 Å². The van der Waals surface area contributed by atoms with Crippen molar-refractivity contribution in [3.8, 4) is 0 Å². The van der Waals surface area contributed by atoms with Crippen LogP contribution in [0.15, 0.2) is 41.6 Å². The lowest BCUT2D eigenvalue weighted by atomic mass is 10.2. The summed E-state index contributed by atoms with van der Waals surface area (Å²) >= 11 is 0. The van der Waals surface area contributed by atoms with Gasteiger partial charge in [0.05, 0.1) is 10.5 Å². The molecule has 1 heterocycles. The number of benzene rings is 1. The molecule has 1 aromatic heterocycles. The third-order valence-corrected chi connectivity index (χ3v) is 4.59. The minimum atomic E-state index is -4.58. The highest BCUT2D eigenvalue weighted by molar-refractivity contribution is 7.90. The van der Waals surface area contributed by atoms with Gasteiger partial charge in [0.2, 0.25) is 0 Å². The number of nitrogens with zero attached hydrogens (tertiary/aromatic N) is 2. The number of imidazole rings is 1. The Hall–Kier alpha value is -1.83. The van der Waals surface area contributed by atoms with E-state index in [0.717, 1.165) is 18.2 Å². The predicted molar refractivity (Wildman–Crippen MR) is 70.2 cm³/mol. The van der Waals surface area contributed by atoms with Gasteiger partial charge in [0.1, 0.15) is 11.6 Å². The smallest absolute Gasteiger partial charge is 0.334 e. The van der Waals surface area contributed by atoms with Crippen LogP contribution in [0.1, 0.15) is 18.3 Å². The normalized spacial score (nSPS) is 12.6. The van der Waals surface area contributed by atoms with Gasteiger partial charge in [-0.2, -0.15) is 13.2 Å². The maximum atomic E-state index is 12.6. The zero-order valence-corrected chi connectivity index (χ0v) is 11.9. The van der Waals surface area contributed by atoms with Gasteiger partial charge in [0.25, 0.3) is 0 Å². The van der Waals surface area contributed by atoms with Crippen LogP contribution in [0.3, 0.4) is 0 Å². The number of hydrogen-bond acceptors (Lipinski definition) is 3. The molecule has 0 unspecified atom stereocenters. The van der Waals surface area contributed by atoms with Gasteiger partial charge >= 0.3 is 6.18 Å². The summed E-state index contributed by atoms with van der Waals surface area (Å²) in [5.74, 6) is -0.135.